The highest BCUT2D eigenvalue weighted by Crippen LogP contribution is 2.21. The molecule has 0 aliphatic rings. The molecular weight excluding hydrogens is 291 g/mol. The average molecular weight is 308 g/mol. The normalized spacial score (nSPS) is 11.5. The highest BCUT2D eigenvalue weighted by molar-refractivity contribution is 7.89. The van der Waals surface area contributed by atoms with Crippen LogP contribution in [0, 0.1) is 12.7 Å². The number of nitrogens with two attached hydrogens (primary N) is 1. The summed E-state index contributed by atoms with van der Waals surface area (Å²) in [5.41, 5.74) is 6.63. The standard InChI is InChI=1S/C15H17FN2O2S/c1-11-9-13(16)14(17)10-15(11)21(19,20)18-8-7-12-5-3-2-4-6-12/h2-6,9-10,18H,7-8,17H2,1H3. The molecular formula is C15H17FN2O2S. The molecule has 0 atom stereocenters. The van der Waals surface area contributed by atoms with Crippen LogP contribution in [0.5, 0.6) is 0 Å². The molecule has 0 spiro atoms. The molecule has 0 saturated carbocycles. The Labute approximate surface area is 123 Å². The third-order valence-corrected chi connectivity index (χ3v) is 4.74. The van der Waals surface area contributed by atoms with Crippen molar-refractivity contribution < 1.29 is 12.8 Å². The van der Waals surface area contributed by atoms with Crippen LogP contribution in [0.1, 0.15) is 11.1 Å². The molecule has 2 aromatic rings. The lowest BCUT2D eigenvalue weighted by Gasteiger charge is -2.10. The van der Waals surface area contributed by atoms with Gasteiger partial charge in [-0.3, -0.25) is 0 Å². The van der Waals surface area contributed by atoms with Gasteiger partial charge in [0.2, 0.25) is 10.0 Å². The first-order valence-corrected chi connectivity index (χ1v) is 7.97. The van der Waals surface area contributed by atoms with E-state index >= 15 is 0 Å². The molecule has 0 aromatic heterocycles. The maximum Gasteiger partial charge on any atom is 0.240 e. The molecule has 0 aliphatic heterocycles. The fourth-order valence-corrected chi connectivity index (χ4v) is 3.30. The zero-order valence-electron chi connectivity index (χ0n) is 11.6. The maximum absolute atomic E-state index is 13.3. The highest BCUT2D eigenvalue weighted by atomic mass is 32.2. The number of rotatable bonds is 5. The Hall–Kier alpha value is -1.92. The van der Waals surface area contributed by atoms with Gasteiger partial charge in [-0.2, -0.15) is 0 Å². The molecule has 0 fully saturated rings. The molecule has 0 radical (unpaired) electrons. The van der Waals surface area contributed by atoms with Gasteiger partial charge in [0, 0.05) is 6.54 Å². The Morgan fingerprint density at radius 2 is 1.86 bits per heavy atom. The molecule has 6 heteroatoms. The van der Waals surface area contributed by atoms with Crippen LogP contribution in [0.25, 0.3) is 0 Å². The second kappa shape index (κ2) is 6.24. The monoisotopic (exact) mass is 308 g/mol. The molecule has 0 saturated heterocycles. The van der Waals surface area contributed by atoms with Crippen LogP contribution < -0.4 is 10.5 Å². The maximum atomic E-state index is 13.3. The summed E-state index contributed by atoms with van der Waals surface area (Å²) >= 11 is 0. The summed E-state index contributed by atoms with van der Waals surface area (Å²) in [4.78, 5) is 0.00876. The van der Waals surface area contributed by atoms with Crippen molar-refractivity contribution >= 4 is 15.7 Å². The number of hydrogen-bond acceptors (Lipinski definition) is 3. The third-order valence-electron chi connectivity index (χ3n) is 3.13. The molecule has 0 unspecified atom stereocenters. The number of nitrogen functional groups attached to an aromatic ring is 1. The van der Waals surface area contributed by atoms with Crippen molar-refractivity contribution in [2.75, 3.05) is 12.3 Å². The number of anilines is 1. The fourth-order valence-electron chi connectivity index (χ4n) is 2.01. The van der Waals surface area contributed by atoms with Crippen molar-refractivity contribution in [2.45, 2.75) is 18.2 Å². The van der Waals surface area contributed by atoms with Crippen LogP contribution in [0.15, 0.2) is 47.4 Å². The van der Waals surface area contributed by atoms with E-state index in [-0.39, 0.29) is 17.1 Å². The highest BCUT2D eigenvalue weighted by Gasteiger charge is 2.18. The minimum Gasteiger partial charge on any atom is -0.396 e. The van der Waals surface area contributed by atoms with Crippen LogP contribution in [-0.2, 0) is 16.4 Å². The first-order valence-electron chi connectivity index (χ1n) is 6.49. The van der Waals surface area contributed by atoms with Gasteiger partial charge < -0.3 is 5.73 Å². The van der Waals surface area contributed by atoms with E-state index in [1.165, 1.54) is 6.92 Å². The Balaban J connectivity index is 2.10. The van der Waals surface area contributed by atoms with Gasteiger partial charge >= 0.3 is 0 Å². The average Bonchev–Trinajstić information content (AvgIpc) is 2.43. The number of aryl methyl sites for hydroxylation is 1. The van der Waals surface area contributed by atoms with Crippen molar-refractivity contribution in [2.24, 2.45) is 0 Å². The minimum atomic E-state index is -3.70. The minimum absolute atomic E-state index is 0.00876. The summed E-state index contributed by atoms with van der Waals surface area (Å²) in [5.74, 6) is -0.615. The van der Waals surface area contributed by atoms with E-state index in [4.69, 9.17) is 5.73 Å². The summed E-state index contributed by atoms with van der Waals surface area (Å²) in [6.45, 7) is 1.80. The van der Waals surface area contributed by atoms with E-state index in [1.54, 1.807) is 0 Å². The Bertz CT molecular complexity index is 731. The van der Waals surface area contributed by atoms with E-state index in [0.717, 1.165) is 17.7 Å². The van der Waals surface area contributed by atoms with Gasteiger partial charge in [-0.05, 0) is 36.6 Å². The molecule has 4 nitrogen and oxygen atoms in total. The molecule has 0 aliphatic carbocycles. The first-order chi connectivity index (χ1) is 9.90. The number of sulfonamides is 1. The Morgan fingerprint density at radius 1 is 1.19 bits per heavy atom. The molecule has 3 N–H and O–H groups in total. The van der Waals surface area contributed by atoms with E-state index in [0.29, 0.717) is 12.0 Å². The van der Waals surface area contributed by atoms with E-state index in [2.05, 4.69) is 4.72 Å². The van der Waals surface area contributed by atoms with Crippen LogP contribution in [0.3, 0.4) is 0 Å². The fraction of sp³-hybridized carbons (Fsp3) is 0.200. The predicted octanol–water partition coefficient (Wildman–Crippen LogP) is 2.24. The smallest absolute Gasteiger partial charge is 0.240 e. The molecule has 2 aromatic carbocycles. The second-order valence-electron chi connectivity index (χ2n) is 4.77. The topological polar surface area (TPSA) is 72.2 Å². The quantitative estimate of drug-likeness (QED) is 0.832. The number of halogens is 1. The van der Waals surface area contributed by atoms with Gasteiger partial charge in [-0.25, -0.2) is 17.5 Å². The zero-order valence-corrected chi connectivity index (χ0v) is 12.5. The first kappa shape index (κ1) is 15.5. The van der Waals surface area contributed by atoms with Crippen LogP contribution >= 0.6 is 0 Å². The lowest BCUT2D eigenvalue weighted by Crippen LogP contribution is -2.26. The Morgan fingerprint density at radius 3 is 2.52 bits per heavy atom. The molecule has 0 bridgehead atoms. The molecule has 0 amide bonds. The van der Waals surface area contributed by atoms with Gasteiger partial charge in [-0.1, -0.05) is 30.3 Å². The summed E-state index contributed by atoms with van der Waals surface area (Å²) in [6, 6.07) is 11.8. The lowest BCUT2D eigenvalue weighted by atomic mass is 10.2. The van der Waals surface area contributed by atoms with E-state index in [1.807, 2.05) is 30.3 Å². The number of nitrogens with one attached hydrogen (secondary N) is 1. The van der Waals surface area contributed by atoms with Gasteiger partial charge in [0.1, 0.15) is 5.82 Å². The van der Waals surface area contributed by atoms with Gasteiger partial charge in [0.25, 0.3) is 0 Å². The number of benzene rings is 2. The van der Waals surface area contributed by atoms with Crippen molar-refractivity contribution in [3.8, 4) is 0 Å². The second-order valence-corrected chi connectivity index (χ2v) is 6.51. The number of hydrogen-bond donors (Lipinski definition) is 2. The lowest BCUT2D eigenvalue weighted by molar-refractivity contribution is 0.580. The largest absolute Gasteiger partial charge is 0.396 e. The van der Waals surface area contributed by atoms with Crippen molar-refractivity contribution in [1.82, 2.24) is 4.72 Å². The summed E-state index contributed by atoms with van der Waals surface area (Å²) < 4.78 is 40.2. The molecule has 0 heterocycles. The van der Waals surface area contributed by atoms with Crippen molar-refractivity contribution in [3.05, 3.63) is 59.4 Å². The van der Waals surface area contributed by atoms with Crippen LogP contribution in [0.2, 0.25) is 0 Å². The SMILES string of the molecule is Cc1cc(F)c(N)cc1S(=O)(=O)NCCc1ccccc1. The van der Waals surface area contributed by atoms with E-state index in [9.17, 15) is 12.8 Å². The van der Waals surface area contributed by atoms with E-state index < -0.39 is 15.8 Å². The van der Waals surface area contributed by atoms with Gasteiger partial charge in [0.15, 0.2) is 0 Å². The van der Waals surface area contributed by atoms with Gasteiger partial charge in [0.05, 0.1) is 10.6 Å². The molecule has 21 heavy (non-hydrogen) atoms. The molecule has 112 valence electrons. The predicted molar refractivity (Wildman–Crippen MR) is 80.9 cm³/mol. The summed E-state index contributed by atoms with van der Waals surface area (Å²) in [7, 11) is -3.70. The Kier molecular flexibility index (Phi) is 4.59. The summed E-state index contributed by atoms with van der Waals surface area (Å²) in [5, 5.41) is 0. The van der Waals surface area contributed by atoms with Crippen molar-refractivity contribution in [1.29, 1.82) is 0 Å². The van der Waals surface area contributed by atoms with Crippen LogP contribution in [0.4, 0.5) is 10.1 Å². The van der Waals surface area contributed by atoms with Crippen molar-refractivity contribution in [3.63, 3.8) is 0 Å². The molecule has 2 rings (SSSR count). The summed E-state index contributed by atoms with van der Waals surface area (Å²) in [6.07, 6.45) is 0.579. The van der Waals surface area contributed by atoms with Crippen LogP contribution in [-0.4, -0.2) is 15.0 Å². The van der Waals surface area contributed by atoms with Gasteiger partial charge in [-0.15, -0.1) is 0 Å². The zero-order chi connectivity index (χ0) is 15.5. The third kappa shape index (κ3) is 3.80.